The lowest BCUT2D eigenvalue weighted by Crippen LogP contribution is -2.36. The molecule has 0 radical (unpaired) electrons. The van der Waals surface area contributed by atoms with Crippen molar-refractivity contribution >= 4 is 35.1 Å². The first-order valence-electron chi connectivity index (χ1n) is 5.96. The highest BCUT2D eigenvalue weighted by Gasteiger charge is 2.14. The van der Waals surface area contributed by atoms with Crippen LogP contribution in [-0.2, 0) is 4.79 Å². The van der Waals surface area contributed by atoms with Crippen molar-refractivity contribution in [2.24, 2.45) is 5.73 Å². The largest absolute Gasteiger partial charge is 0.324 e. The predicted molar refractivity (Wildman–Crippen MR) is 82.4 cm³/mol. The minimum Gasteiger partial charge on any atom is -0.324 e. The Morgan fingerprint density at radius 2 is 2.17 bits per heavy atom. The zero-order valence-corrected chi connectivity index (χ0v) is 12.4. The maximum Gasteiger partial charge on any atom is 0.241 e. The topological polar surface area (TPSA) is 55.1 Å². The summed E-state index contributed by atoms with van der Waals surface area (Å²) in [5, 5.41) is 2.91. The number of amides is 1. The molecule has 3 nitrogen and oxygen atoms in total. The quantitative estimate of drug-likeness (QED) is 0.756. The number of nitrogens with two attached hydrogens (primary N) is 1. The molecule has 0 heterocycles. The maximum atomic E-state index is 11.9. The Morgan fingerprint density at radius 3 is 2.83 bits per heavy atom. The van der Waals surface area contributed by atoms with Crippen molar-refractivity contribution in [2.45, 2.75) is 24.3 Å². The maximum absolute atomic E-state index is 11.9. The molecule has 0 aliphatic heterocycles. The molecular formula is C13H20N2OS2. The number of rotatable bonds is 7. The van der Waals surface area contributed by atoms with Crippen molar-refractivity contribution in [2.75, 3.05) is 23.1 Å². The molecule has 5 heteroatoms. The Hall–Kier alpha value is -0.650. The van der Waals surface area contributed by atoms with E-state index < -0.39 is 6.04 Å². The summed E-state index contributed by atoms with van der Waals surface area (Å²) in [7, 11) is 0. The highest BCUT2D eigenvalue weighted by Crippen LogP contribution is 2.26. The molecular weight excluding hydrogens is 264 g/mol. The average Bonchev–Trinajstić information content (AvgIpc) is 2.38. The lowest BCUT2D eigenvalue weighted by molar-refractivity contribution is -0.117. The van der Waals surface area contributed by atoms with Crippen LogP contribution in [0.2, 0.25) is 0 Å². The third-order valence-corrected chi connectivity index (χ3v) is 4.01. The van der Waals surface area contributed by atoms with E-state index in [-0.39, 0.29) is 5.91 Å². The predicted octanol–water partition coefficient (Wildman–Crippen LogP) is 2.82. The van der Waals surface area contributed by atoms with Gasteiger partial charge in [-0.1, -0.05) is 19.1 Å². The molecule has 0 saturated heterocycles. The average molecular weight is 284 g/mol. The monoisotopic (exact) mass is 284 g/mol. The number of thioether (sulfide) groups is 2. The van der Waals surface area contributed by atoms with Crippen molar-refractivity contribution in [3.8, 4) is 0 Å². The lowest BCUT2D eigenvalue weighted by atomic mass is 10.2. The van der Waals surface area contributed by atoms with Gasteiger partial charge in [-0.05, 0) is 36.3 Å². The van der Waals surface area contributed by atoms with Crippen molar-refractivity contribution in [1.29, 1.82) is 0 Å². The van der Waals surface area contributed by atoms with E-state index in [1.165, 1.54) is 0 Å². The Kier molecular flexibility index (Phi) is 7.23. The van der Waals surface area contributed by atoms with E-state index >= 15 is 0 Å². The number of carbonyl (C=O) groups excluding carboxylic acids is 1. The summed E-state index contributed by atoms with van der Waals surface area (Å²) in [6.45, 7) is 2.09. The summed E-state index contributed by atoms with van der Waals surface area (Å²) in [5.74, 6) is 1.78. The van der Waals surface area contributed by atoms with Crippen molar-refractivity contribution < 1.29 is 4.79 Å². The fourth-order valence-corrected chi connectivity index (χ4v) is 2.70. The van der Waals surface area contributed by atoms with Gasteiger partial charge in [0.05, 0.1) is 11.7 Å². The molecule has 1 amide bonds. The summed E-state index contributed by atoms with van der Waals surface area (Å²) >= 11 is 3.41. The van der Waals surface area contributed by atoms with Crippen LogP contribution in [0.1, 0.15) is 13.3 Å². The number of benzene rings is 1. The number of nitrogens with one attached hydrogen (secondary N) is 1. The zero-order chi connectivity index (χ0) is 13.4. The Morgan fingerprint density at radius 1 is 1.44 bits per heavy atom. The SMILES string of the molecule is CCSc1ccccc1NC(=O)[C@H](N)CCSC. The van der Waals surface area contributed by atoms with Gasteiger partial charge in [-0.3, -0.25) is 4.79 Å². The minimum atomic E-state index is -0.433. The Bertz CT molecular complexity index is 385. The van der Waals surface area contributed by atoms with Crippen LogP contribution in [0.25, 0.3) is 0 Å². The van der Waals surface area contributed by atoms with E-state index in [4.69, 9.17) is 5.73 Å². The molecule has 0 aromatic heterocycles. The van der Waals surface area contributed by atoms with Crippen molar-refractivity contribution in [1.82, 2.24) is 0 Å². The van der Waals surface area contributed by atoms with E-state index in [1.54, 1.807) is 23.5 Å². The zero-order valence-electron chi connectivity index (χ0n) is 10.8. The summed E-state index contributed by atoms with van der Waals surface area (Å²) < 4.78 is 0. The first-order chi connectivity index (χ1) is 8.69. The molecule has 0 fully saturated rings. The second-order valence-electron chi connectivity index (χ2n) is 3.81. The third-order valence-electron chi connectivity index (χ3n) is 2.41. The van der Waals surface area contributed by atoms with Gasteiger partial charge in [0, 0.05) is 4.90 Å². The van der Waals surface area contributed by atoms with Gasteiger partial charge >= 0.3 is 0 Å². The molecule has 0 spiro atoms. The highest BCUT2D eigenvalue weighted by atomic mass is 32.2. The van der Waals surface area contributed by atoms with Crippen LogP contribution in [0, 0.1) is 0 Å². The van der Waals surface area contributed by atoms with E-state index in [0.29, 0.717) is 6.42 Å². The molecule has 0 unspecified atom stereocenters. The Labute approximate surface area is 117 Å². The molecule has 1 atom stereocenters. The van der Waals surface area contributed by atoms with Gasteiger partial charge in [0.25, 0.3) is 0 Å². The van der Waals surface area contributed by atoms with Gasteiger partial charge in [-0.25, -0.2) is 0 Å². The first-order valence-corrected chi connectivity index (χ1v) is 8.34. The lowest BCUT2D eigenvalue weighted by Gasteiger charge is -2.14. The molecule has 0 aliphatic rings. The van der Waals surface area contributed by atoms with Crippen LogP contribution in [0.4, 0.5) is 5.69 Å². The minimum absolute atomic E-state index is 0.104. The number of hydrogen-bond donors (Lipinski definition) is 2. The summed E-state index contributed by atoms with van der Waals surface area (Å²) in [4.78, 5) is 13.0. The number of hydrogen-bond acceptors (Lipinski definition) is 4. The van der Waals surface area contributed by atoms with Gasteiger partial charge in [0.2, 0.25) is 5.91 Å². The van der Waals surface area contributed by atoms with E-state index in [2.05, 4.69) is 12.2 Å². The summed E-state index contributed by atoms with van der Waals surface area (Å²) in [5.41, 5.74) is 6.70. The Balaban J connectivity index is 2.63. The smallest absolute Gasteiger partial charge is 0.241 e. The van der Waals surface area contributed by atoms with Crippen LogP contribution in [0.15, 0.2) is 29.2 Å². The molecule has 1 rings (SSSR count). The second-order valence-corrected chi connectivity index (χ2v) is 6.10. The molecule has 18 heavy (non-hydrogen) atoms. The summed E-state index contributed by atoms with van der Waals surface area (Å²) in [6, 6.07) is 7.38. The van der Waals surface area contributed by atoms with Gasteiger partial charge < -0.3 is 11.1 Å². The molecule has 0 aliphatic carbocycles. The van der Waals surface area contributed by atoms with Gasteiger partial charge in [0.1, 0.15) is 0 Å². The molecule has 100 valence electrons. The molecule has 1 aromatic carbocycles. The molecule has 0 bridgehead atoms. The number of anilines is 1. The summed E-state index contributed by atoms with van der Waals surface area (Å²) in [6.07, 6.45) is 2.72. The van der Waals surface area contributed by atoms with Crippen LogP contribution in [-0.4, -0.2) is 29.7 Å². The third kappa shape index (κ3) is 4.92. The van der Waals surface area contributed by atoms with Crippen LogP contribution in [0.3, 0.4) is 0 Å². The van der Waals surface area contributed by atoms with Gasteiger partial charge in [-0.15, -0.1) is 11.8 Å². The molecule has 3 N–H and O–H groups in total. The molecule has 0 saturated carbocycles. The van der Waals surface area contributed by atoms with Crippen molar-refractivity contribution in [3.63, 3.8) is 0 Å². The normalized spacial score (nSPS) is 12.2. The van der Waals surface area contributed by atoms with E-state index in [9.17, 15) is 4.79 Å². The van der Waals surface area contributed by atoms with Crippen molar-refractivity contribution in [3.05, 3.63) is 24.3 Å². The van der Waals surface area contributed by atoms with Gasteiger partial charge in [-0.2, -0.15) is 11.8 Å². The standard InChI is InChI=1S/C13H20N2OS2/c1-3-18-12-7-5-4-6-11(12)15-13(16)10(14)8-9-17-2/h4-7,10H,3,8-9,14H2,1-2H3,(H,15,16)/t10-/m1/s1. The number of para-hydroxylation sites is 1. The highest BCUT2D eigenvalue weighted by molar-refractivity contribution is 7.99. The van der Waals surface area contributed by atoms with Crippen LogP contribution in [0.5, 0.6) is 0 Å². The first kappa shape index (κ1) is 15.4. The van der Waals surface area contributed by atoms with Crippen LogP contribution >= 0.6 is 23.5 Å². The van der Waals surface area contributed by atoms with Gasteiger partial charge in [0.15, 0.2) is 0 Å². The fourth-order valence-electron chi connectivity index (χ4n) is 1.45. The number of carbonyl (C=O) groups is 1. The second kappa shape index (κ2) is 8.45. The molecule has 1 aromatic rings. The fraction of sp³-hybridized carbons (Fsp3) is 0.462. The van der Waals surface area contributed by atoms with Crippen LogP contribution < -0.4 is 11.1 Å². The van der Waals surface area contributed by atoms with E-state index in [0.717, 1.165) is 22.1 Å². The van der Waals surface area contributed by atoms with E-state index in [1.807, 2.05) is 30.5 Å².